The molecule has 3 heteroatoms. The third kappa shape index (κ3) is 1.68. The van der Waals surface area contributed by atoms with E-state index < -0.39 is 0 Å². The molecule has 0 radical (unpaired) electrons. The van der Waals surface area contributed by atoms with Gasteiger partial charge in [-0.1, -0.05) is 23.4 Å². The Morgan fingerprint density at radius 1 is 1.33 bits per heavy atom. The van der Waals surface area contributed by atoms with E-state index in [4.69, 9.17) is 5.21 Å². The van der Waals surface area contributed by atoms with Crippen molar-refractivity contribution in [2.45, 2.75) is 13.8 Å². The lowest BCUT2D eigenvalue weighted by atomic mass is 10.1. The number of benzene rings is 1. The monoisotopic (exact) mass is 200 g/mol. The van der Waals surface area contributed by atoms with Crippen LogP contribution in [-0.4, -0.2) is 15.9 Å². The second-order valence-corrected chi connectivity index (χ2v) is 3.50. The molecule has 1 aromatic carbocycles. The Morgan fingerprint density at radius 2 is 2.07 bits per heavy atom. The van der Waals surface area contributed by atoms with E-state index in [1.54, 1.807) is 6.92 Å². The van der Waals surface area contributed by atoms with Crippen molar-refractivity contribution in [3.05, 3.63) is 41.6 Å². The molecule has 0 aliphatic rings. The zero-order valence-corrected chi connectivity index (χ0v) is 8.73. The molecule has 1 heterocycles. The largest absolute Gasteiger partial charge is 0.411 e. The van der Waals surface area contributed by atoms with Gasteiger partial charge in [0.1, 0.15) is 0 Å². The molecule has 2 rings (SSSR count). The fraction of sp³-hybridized carbons (Fsp3) is 0.167. The van der Waals surface area contributed by atoms with Gasteiger partial charge in [0.15, 0.2) is 0 Å². The highest BCUT2D eigenvalue weighted by Crippen LogP contribution is 2.16. The molecule has 2 aromatic rings. The second-order valence-electron chi connectivity index (χ2n) is 3.50. The molecular weight excluding hydrogens is 188 g/mol. The first-order chi connectivity index (χ1) is 7.22. The number of hydrogen-bond acceptors (Lipinski definition) is 3. The van der Waals surface area contributed by atoms with Crippen LogP contribution >= 0.6 is 0 Å². The van der Waals surface area contributed by atoms with Crippen molar-refractivity contribution in [1.82, 2.24) is 4.98 Å². The Bertz CT molecular complexity index is 532. The predicted molar refractivity (Wildman–Crippen MR) is 60.5 cm³/mol. The minimum Gasteiger partial charge on any atom is -0.411 e. The fourth-order valence-electron chi connectivity index (χ4n) is 1.63. The summed E-state index contributed by atoms with van der Waals surface area (Å²) in [5.74, 6) is 0. The Hall–Kier alpha value is -1.90. The minimum atomic E-state index is 0.589. The quantitative estimate of drug-likeness (QED) is 0.437. The van der Waals surface area contributed by atoms with Gasteiger partial charge < -0.3 is 5.21 Å². The molecule has 0 bridgehead atoms. The molecule has 0 saturated heterocycles. The molecule has 0 saturated carbocycles. The highest BCUT2D eigenvalue weighted by atomic mass is 16.4. The number of oxime groups is 1. The number of aryl methyl sites for hydroxylation is 1. The van der Waals surface area contributed by atoms with Gasteiger partial charge in [0.05, 0.1) is 11.2 Å². The number of fused-ring (bicyclic) bond motifs is 1. The smallest absolute Gasteiger partial charge is 0.0855 e. The first-order valence-corrected chi connectivity index (χ1v) is 4.78. The van der Waals surface area contributed by atoms with Crippen molar-refractivity contribution in [3.63, 3.8) is 0 Å². The fourth-order valence-corrected chi connectivity index (χ4v) is 1.63. The number of nitrogens with zero attached hydrogens (tertiary/aromatic N) is 2. The van der Waals surface area contributed by atoms with Gasteiger partial charge in [-0.15, -0.1) is 0 Å². The molecule has 0 aliphatic carbocycles. The van der Waals surface area contributed by atoms with Crippen LogP contribution in [0.25, 0.3) is 10.9 Å². The zero-order valence-electron chi connectivity index (χ0n) is 8.73. The molecule has 0 amide bonds. The lowest BCUT2D eigenvalue weighted by Gasteiger charge is -2.05. The maximum absolute atomic E-state index is 8.74. The third-order valence-electron chi connectivity index (χ3n) is 2.45. The van der Waals surface area contributed by atoms with Crippen LogP contribution < -0.4 is 0 Å². The lowest BCUT2D eigenvalue weighted by Crippen LogP contribution is -2.00. The average molecular weight is 200 g/mol. The van der Waals surface area contributed by atoms with E-state index >= 15 is 0 Å². The van der Waals surface area contributed by atoms with E-state index in [0.717, 1.165) is 22.2 Å². The Kier molecular flexibility index (Phi) is 2.37. The SMILES string of the molecule is C/C(=N\O)c1cc2ccccc2nc1C. The van der Waals surface area contributed by atoms with Gasteiger partial charge in [0, 0.05) is 16.6 Å². The van der Waals surface area contributed by atoms with E-state index in [9.17, 15) is 0 Å². The molecule has 0 unspecified atom stereocenters. The van der Waals surface area contributed by atoms with E-state index in [1.807, 2.05) is 37.3 Å². The first-order valence-electron chi connectivity index (χ1n) is 4.78. The number of pyridine rings is 1. The molecule has 3 nitrogen and oxygen atoms in total. The molecule has 0 spiro atoms. The Morgan fingerprint density at radius 3 is 2.80 bits per heavy atom. The van der Waals surface area contributed by atoms with Crippen LogP contribution in [0.15, 0.2) is 35.5 Å². The summed E-state index contributed by atoms with van der Waals surface area (Å²) in [7, 11) is 0. The van der Waals surface area contributed by atoms with Crippen LogP contribution in [0, 0.1) is 6.92 Å². The van der Waals surface area contributed by atoms with Crippen LogP contribution in [-0.2, 0) is 0 Å². The molecule has 1 N–H and O–H groups in total. The van der Waals surface area contributed by atoms with E-state index in [1.165, 1.54) is 0 Å². The van der Waals surface area contributed by atoms with Crippen molar-refractivity contribution in [2.75, 3.05) is 0 Å². The van der Waals surface area contributed by atoms with Gasteiger partial charge in [-0.25, -0.2) is 0 Å². The van der Waals surface area contributed by atoms with Gasteiger partial charge in [-0.05, 0) is 26.0 Å². The van der Waals surface area contributed by atoms with Crippen LogP contribution in [0.3, 0.4) is 0 Å². The first kappa shape index (κ1) is 9.65. The topological polar surface area (TPSA) is 45.5 Å². The van der Waals surface area contributed by atoms with Crippen molar-refractivity contribution < 1.29 is 5.21 Å². The summed E-state index contributed by atoms with van der Waals surface area (Å²) >= 11 is 0. The second kappa shape index (κ2) is 3.69. The normalized spacial score (nSPS) is 12.0. The molecule has 0 atom stereocenters. The Balaban J connectivity index is 2.72. The summed E-state index contributed by atoms with van der Waals surface area (Å²) in [6, 6.07) is 9.89. The van der Waals surface area contributed by atoms with Gasteiger partial charge in [-0.3, -0.25) is 4.98 Å². The molecular formula is C12H12N2O. The van der Waals surface area contributed by atoms with Crippen molar-refractivity contribution in [1.29, 1.82) is 0 Å². The molecule has 76 valence electrons. The summed E-state index contributed by atoms with van der Waals surface area (Å²) in [6.45, 7) is 3.68. The van der Waals surface area contributed by atoms with Crippen LogP contribution in [0.4, 0.5) is 0 Å². The Labute approximate surface area is 88.1 Å². The number of aromatic nitrogens is 1. The van der Waals surface area contributed by atoms with Crippen molar-refractivity contribution in [2.24, 2.45) is 5.16 Å². The summed E-state index contributed by atoms with van der Waals surface area (Å²) < 4.78 is 0. The number of para-hydroxylation sites is 1. The van der Waals surface area contributed by atoms with Gasteiger partial charge in [-0.2, -0.15) is 0 Å². The van der Waals surface area contributed by atoms with E-state index in [2.05, 4.69) is 10.1 Å². The van der Waals surface area contributed by atoms with Crippen LogP contribution in [0.5, 0.6) is 0 Å². The highest BCUT2D eigenvalue weighted by Gasteiger charge is 2.05. The van der Waals surface area contributed by atoms with Crippen LogP contribution in [0.1, 0.15) is 18.2 Å². The summed E-state index contributed by atoms with van der Waals surface area (Å²) in [5, 5.41) is 13.0. The standard InChI is InChI=1S/C12H12N2O/c1-8-11(9(2)14-15)7-10-5-3-4-6-12(10)13-8/h3-7,15H,1-2H3/b14-9+. The van der Waals surface area contributed by atoms with Gasteiger partial charge in [0.25, 0.3) is 0 Å². The molecule has 1 aromatic heterocycles. The summed E-state index contributed by atoms with van der Waals surface area (Å²) in [4.78, 5) is 4.45. The lowest BCUT2D eigenvalue weighted by molar-refractivity contribution is 0.319. The maximum Gasteiger partial charge on any atom is 0.0855 e. The third-order valence-corrected chi connectivity index (χ3v) is 2.45. The minimum absolute atomic E-state index is 0.589. The maximum atomic E-state index is 8.74. The van der Waals surface area contributed by atoms with E-state index in [-0.39, 0.29) is 0 Å². The number of rotatable bonds is 1. The zero-order chi connectivity index (χ0) is 10.8. The number of hydrogen-bond donors (Lipinski definition) is 1. The molecule has 0 fully saturated rings. The summed E-state index contributed by atoms with van der Waals surface area (Å²) in [6.07, 6.45) is 0. The molecule has 15 heavy (non-hydrogen) atoms. The highest BCUT2D eigenvalue weighted by molar-refractivity contribution is 6.01. The van der Waals surface area contributed by atoms with E-state index in [0.29, 0.717) is 5.71 Å². The summed E-state index contributed by atoms with van der Waals surface area (Å²) in [5.41, 5.74) is 3.32. The van der Waals surface area contributed by atoms with Crippen LogP contribution in [0.2, 0.25) is 0 Å². The predicted octanol–water partition coefficient (Wildman–Crippen LogP) is 2.74. The van der Waals surface area contributed by atoms with Crippen molar-refractivity contribution in [3.8, 4) is 0 Å². The van der Waals surface area contributed by atoms with Gasteiger partial charge in [0.2, 0.25) is 0 Å². The average Bonchev–Trinajstić information content (AvgIpc) is 2.27. The van der Waals surface area contributed by atoms with Gasteiger partial charge >= 0.3 is 0 Å². The molecule has 0 aliphatic heterocycles. The van der Waals surface area contributed by atoms with Crippen molar-refractivity contribution >= 4 is 16.6 Å².